The summed E-state index contributed by atoms with van der Waals surface area (Å²) in [6.45, 7) is -1.62. The lowest BCUT2D eigenvalue weighted by atomic mass is 10.0. The number of nitrogens with one attached hydrogen (secondary N) is 2. The second kappa shape index (κ2) is 8.58. The Labute approximate surface area is 173 Å². The predicted octanol–water partition coefficient (Wildman–Crippen LogP) is 4.48. The molecule has 1 aliphatic heterocycles. The molecule has 1 fully saturated rings. The number of fused-ring (bicyclic) bond motifs is 1. The molecule has 0 unspecified atom stereocenters. The fraction of sp³-hybridized carbons (Fsp3) is 0.350. The van der Waals surface area contributed by atoms with E-state index >= 15 is 0 Å². The third-order valence-electron chi connectivity index (χ3n) is 5.00. The average Bonchev–Trinajstić information content (AvgIpc) is 2.74. The zero-order valence-corrected chi connectivity index (χ0v) is 16.1. The van der Waals surface area contributed by atoms with Gasteiger partial charge in [0.15, 0.2) is 5.82 Å². The van der Waals surface area contributed by atoms with Gasteiger partial charge in [0.1, 0.15) is 11.4 Å². The second-order valence-corrected chi connectivity index (χ2v) is 7.09. The van der Waals surface area contributed by atoms with Gasteiger partial charge in [-0.1, -0.05) is 0 Å². The first-order valence-electron chi connectivity index (χ1n) is 9.57. The van der Waals surface area contributed by atoms with E-state index in [4.69, 9.17) is 0 Å². The Hall–Kier alpha value is -3.08. The van der Waals surface area contributed by atoms with E-state index in [1.54, 1.807) is 12.3 Å². The van der Waals surface area contributed by atoms with Gasteiger partial charge in [-0.3, -0.25) is 4.98 Å². The van der Waals surface area contributed by atoms with Gasteiger partial charge in [-0.15, -0.1) is 10.2 Å². The first-order chi connectivity index (χ1) is 14.8. The maximum absolute atomic E-state index is 13.1. The van der Waals surface area contributed by atoms with Crippen LogP contribution >= 0.6 is 0 Å². The lowest BCUT2D eigenvalue weighted by Gasteiger charge is -2.24. The van der Waals surface area contributed by atoms with Crippen LogP contribution in [-0.4, -0.2) is 40.9 Å². The van der Waals surface area contributed by atoms with Gasteiger partial charge < -0.3 is 15.4 Å². The van der Waals surface area contributed by atoms with Crippen LogP contribution < -0.4 is 15.4 Å². The summed E-state index contributed by atoms with van der Waals surface area (Å²) in [6.07, 6.45) is 0.252. The van der Waals surface area contributed by atoms with E-state index in [9.17, 15) is 22.0 Å². The van der Waals surface area contributed by atoms with Crippen LogP contribution in [0, 0.1) is 0 Å². The molecule has 11 heteroatoms. The zero-order chi connectivity index (χ0) is 22.0. The minimum Gasteiger partial charge on any atom is -0.434 e. The van der Waals surface area contributed by atoms with E-state index in [-0.39, 0.29) is 17.3 Å². The summed E-state index contributed by atoms with van der Waals surface area (Å²) in [5.41, 5.74) is -1.01. The van der Waals surface area contributed by atoms with Crippen molar-refractivity contribution in [2.75, 3.05) is 18.4 Å². The number of benzene rings is 1. The molecule has 3 aromatic rings. The number of ether oxygens (including phenoxy) is 1. The predicted molar refractivity (Wildman–Crippen MR) is 104 cm³/mol. The molecule has 1 atom stereocenters. The van der Waals surface area contributed by atoms with Crippen LogP contribution in [0.4, 0.5) is 27.8 Å². The lowest BCUT2D eigenvalue weighted by Crippen LogP contribution is -2.38. The highest BCUT2D eigenvalue weighted by atomic mass is 19.4. The highest BCUT2D eigenvalue weighted by Crippen LogP contribution is 2.39. The molecule has 4 rings (SSSR count). The van der Waals surface area contributed by atoms with Gasteiger partial charge in [0.2, 0.25) is 0 Å². The molecule has 0 radical (unpaired) electrons. The lowest BCUT2D eigenvalue weighted by molar-refractivity contribution is -0.138. The van der Waals surface area contributed by atoms with Gasteiger partial charge >= 0.3 is 12.8 Å². The maximum Gasteiger partial charge on any atom is 0.416 e. The fourth-order valence-corrected chi connectivity index (χ4v) is 3.56. The first-order valence-corrected chi connectivity index (χ1v) is 9.57. The van der Waals surface area contributed by atoms with E-state index in [2.05, 4.69) is 30.6 Å². The topological polar surface area (TPSA) is 72.0 Å². The molecule has 1 aromatic carbocycles. The monoisotopic (exact) mass is 439 g/mol. The van der Waals surface area contributed by atoms with Gasteiger partial charge in [-0.05, 0) is 43.7 Å². The van der Waals surface area contributed by atoms with E-state index in [1.807, 2.05) is 0 Å². The highest BCUT2D eigenvalue weighted by Gasteiger charge is 2.32. The van der Waals surface area contributed by atoms with Gasteiger partial charge in [-0.2, -0.15) is 22.0 Å². The van der Waals surface area contributed by atoms with Crippen LogP contribution in [0.25, 0.3) is 22.0 Å². The highest BCUT2D eigenvalue weighted by molar-refractivity contribution is 6.00. The molecule has 2 N–H and O–H groups in total. The summed E-state index contributed by atoms with van der Waals surface area (Å²) in [5, 5.41) is 16.0. The summed E-state index contributed by atoms with van der Waals surface area (Å²) in [7, 11) is 0. The average molecular weight is 439 g/mol. The van der Waals surface area contributed by atoms with E-state index < -0.39 is 24.1 Å². The number of anilines is 1. The minimum atomic E-state index is -4.71. The van der Waals surface area contributed by atoms with Crippen molar-refractivity contribution in [2.45, 2.75) is 31.7 Å². The number of halogens is 5. The van der Waals surface area contributed by atoms with Gasteiger partial charge in [0, 0.05) is 41.3 Å². The Morgan fingerprint density at radius 1 is 1.13 bits per heavy atom. The number of piperidine rings is 1. The molecule has 1 saturated heterocycles. The van der Waals surface area contributed by atoms with Crippen LogP contribution in [-0.2, 0) is 6.18 Å². The van der Waals surface area contributed by atoms with Crippen molar-refractivity contribution >= 4 is 16.6 Å². The summed E-state index contributed by atoms with van der Waals surface area (Å²) in [6, 6.07) is 4.12. The number of aromatic nitrogens is 3. The summed E-state index contributed by atoms with van der Waals surface area (Å²) in [4.78, 5) is 4.10. The second-order valence-electron chi connectivity index (χ2n) is 7.09. The summed E-state index contributed by atoms with van der Waals surface area (Å²) < 4.78 is 69.5. The van der Waals surface area contributed by atoms with Crippen molar-refractivity contribution in [3.05, 3.63) is 42.2 Å². The Morgan fingerprint density at radius 3 is 2.68 bits per heavy atom. The largest absolute Gasteiger partial charge is 0.434 e. The Bertz CT molecular complexity index is 1070. The normalized spacial score (nSPS) is 17.2. The molecule has 164 valence electrons. The molecule has 31 heavy (non-hydrogen) atoms. The maximum atomic E-state index is 13.1. The van der Waals surface area contributed by atoms with Crippen LogP contribution in [0.15, 0.2) is 36.7 Å². The molecular formula is C20H18F5N5O. The van der Waals surface area contributed by atoms with Gasteiger partial charge in [0.25, 0.3) is 0 Å². The number of hydrogen-bond acceptors (Lipinski definition) is 6. The molecule has 2 aromatic heterocycles. The van der Waals surface area contributed by atoms with Crippen LogP contribution in [0.3, 0.4) is 0 Å². The molecule has 3 heterocycles. The quantitative estimate of drug-likeness (QED) is 0.572. The summed E-state index contributed by atoms with van der Waals surface area (Å²) >= 11 is 0. The molecule has 1 aliphatic rings. The van der Waals surface area contributed by atoms with Crippen LogP contribution in [0.2, 0.25) is 0 Å². The molecule has 0 saturated carbocycles. The fourth-order valence-electron chi connectivity index (χ4n) is 3.56. The molecular weight excluding hydrogens is 421 g/mol. The Kier molecular flexibility index (Phi) is 5.86. The van der Waals surface area contributed by atoms with E-state index in [1.165, 1.54) is 6.20 Å². The first kappa shape index (κ1) is 21.2. The molecule has 0 bridgehead atoms. The number of nitrogens with zero attached hydrogens (tertiary/aromatic N) is 3. The number of pyridine rings is 1. The number of rotatable bonds is 5. The Morgan fingerprint density at radius 2 is 1.97 bits per heavy atom. The van der Waals surface area contributed by atoms with Crippen molar-refractivity contribution < 1.29 is 26.7 Å². The third kappa shape index (κ3) is 4.66. The molecule has 0 spiro atoms. The van der Waals surface area contributed by atoms with Crippen LogP contribution in [0.5, 0.6) is 5.75 Å². The zero-order valence-electron chi connectivity index (χ0n) is 16.1. The smallest absolute Gasteiger partial charge is 0.416 e. The SMILES string of the molecule is FC(F)Oc1cc(C(F)(F)F)ccc1-c1nnc(N[C@@H]2CCCNC2)c2cnccc12. The van der Waals surface area contributed by atoms with Crippen molar-refractivity contribution in [1.29, 1.82) is 0 Å². The molecule has 0 aliphatic carbocycles. The number of hydrogen-bond donors (Lipinski definition) is 2. The van der Waals surface area contributed by atoms with Gasteiger partial charge in [0.05, 0.1) is 5.56 Å². The third-order valence-corrected chi connectivity index (χ3v) is 5.00. The summed E-state index contributed by atoms with van der Waals surface area (Å²) in [5.74, 6) is -0.168. The standard InChI is InChI=1S/C20H18F5N5O/c21-19(22)31-16-8-11(20(23,24)25)3-4-14(16)17-13-5-7-27-10-15(13)18(30-29-17)28-12-2-1-6-26-9-12/h3-5,7-8,10,12,19,26H,1-2,6,9H2,(H,28,30)/t12-/m1/s1. The van der Waals surface area contributed by atoms with Crippen molar-refractivity contribution in [1.82, 2.24) is 20.5 Å². The van der Waals surface area contributed by atoms with E-state index in [0.717, 1.165) is 38.1 Å². The molecule has 6 nitrogen and oxygen atoms in total. The number of alkyl halides is 5. The van der Waals surface area contributed by atoms with Crippen molar-refractivity contribution in [3.8, 4) is 17.0 Å². The minimum absolute atomic E-state index is 0.0251. The Balaban J connectivity index is 1.80. The van der Waals surface area contributed by atoms with Gasteiger partial charge in [-0.25, -0.2) is 0 Å². The van der Waals surface area contributed by atoms with Crippen molar-refractivity contribution in [3.63, 3.8) is 0 Å². The molecule has 0 amide bonds. The van der Waals surface area contributed by atoms with E-state index in [0.29, 0.717) is 22.7 Å². The van der Waals surface area contributed by atoms with Crippen LogP contribution in [0.1, 0.15) is 18.4 Å². The van der Waals surface area contributed by atoms with Crippen molar-refractivity contribution in [2.24, 2.45) is 0 Å².